The van der Waals surface area contributed by atoms with E-state index in [9.17, 15) is 9.59 Å². The predicted octanol–water partition coefficient (Wildman–Crippen LogP) is 2.11. The second-order valence-corrected chi connectivity index (χ2v) is 7.77. The van der Waals surface area contributed by atoms with E-state index >= 15 is 0 Å². The van der Waals surface area contributed by atoms with Gasteiger partial charge in [0.2, 0.25) is 5.91 Å². The largest absolute Gasteiger partial charge is 0.354 e. The first-order valence-corrected chi connectivity index (χ1v) is 9.57. The van der Waals surface area contributed by atoms with Crippen LogP contribution in [0.25, 0.3) is 0 Å². The van der Waals surface area contributed by atoms with E-state index in [0.29, 0.717) is 24.4 Å². The lowest BCUT2D eigenvalue weighted by atomic mass is 9.78. The summed E-state index contributed by atoms with van der Waals surface area (Å²) in [5.41, 5.74) is 3.31. The molecule has 2 saturated carbocycles. The van der Waals surface area contributed by atoms with Gasteiger partial charge in [-0.25, -0.2) is 4.79 Å². The van der Waals surface area contributed by atoms with Crippen molar-refractivity contribution in [3.63, 3.8) is 0 Å². The quantitative estimate of drug-likeness (QED) is 0.694. The summed E-state index contributed by atoms with van der Waals surface area (Å²) in [7, 11) is 0. The first kappa shape index (κ1) is 16.4. The molecule has 1 aromatic rings. The monoisotopic (exact) mass is 341 g/mol. The van der Waals surface area contributed by atoms with Gasteiger partial charge in [0.05, 0.1) is 0 Å². The number of carbonyl (C=O) groups is 2. The van der Waals surface area contributed by atoms with Crippen LogP contribution in [0.5, 0.6) is 0 Å². The fourth-order valence-corrected chi connectivity index (χ4v) is 4.37. The lowest BCUT2D eigenvalue weighted by Crippen LogP contribution is -2.41. The van der Waals surface area contributed by atoms with E-state index in [1.807, 2.05) is 0 Å². The highest BCUT2D eigenvalue weighted by Gasteiger charge is 2.56. The Bertz CT molecular complexity index is 671. The van der Waals surface area contributed by atoms with Gasteiger partial charge in [-0.3, -0.25) is 4.79 Å². The molecule has 0 aromatic heterocycles. The van der Waals surface area contributed by atoms with Crippen LogP contribution < -0.4 is 16.0 Å². The van der Waals surface area contributed by atoms with E-state index in [1.54, 1.807) is 0 Å². The molecular formula is C20H27N3O2. The number of aryl methyl sites for hydroxylation is 1. The zero-order valence-electron chi connectivity index (χ0n) is 14.6. The molecule has 0 aliphatic heterocycles. The number of rotatable bonds is 6. The number of hydrogen-bond acceptors (Lipinski definition) is 2. The van der Waals surface area contributed by atoms with Crippen LogP contribution in [-0.4, -0.2) is 31.6 Å². The van der Waals surface area contributed by atoms with Gasteiger partial charge in [-0.2, -0.15) is 0 Å². The number of urea groups is 1. The van der Waals surface area contributed by atoms with Crippen LogP contribution in [0.15, 0.2) is 24.3 Å². The van der Waals surface area contributed by atoms with Gasteiger partial charge in [0.25, 0.3) is 0 Å². The Kier molecular flexibility index (Phi) is 4.40. The Hall–Kier alpha value is -2.04. The maximum atomic E-state index is 11.9. The van der Waals surface area contributed by atoms with Crippen molar-refractivity contribution in [1.29, 1.82) is 0 Å². The second kappa shape index (κ2) is 6.70. The maximum absolute atomic E-state index is 11.9. The molecule has 0 unspecified atom stereocenters. The third-order valence-corrected chi connectivity index (χ3v) is 6.02. The van der Waals surface area contributed by atoms with Crippen molar-refractivity contribution >= 4 is 11.9 Å². The van der Waals surface area contributed by atoms with Crippen molar-refractivity contribution in [3.8, 4) is 0 Å². The summed E-state index contributed by atoms with van der Waals surface area (Å²) in [6, 6.07) is 8.66. The van der Waals surface area contributed by atoms with Crippen LogP contribution in [0.1, 0.15) is 43.2 Å². The molecule has 4 rings (SSSR count). The van der Waals surface area contributed by atoms with Gasteiger partial charge < -0.3 is 16.0 Å². The van der Waals surface area contributed by atoms with Gasteiger partial charge in [-0.05, 0) is 55.6 Å². The van der Waals surface area contributed by atoms with Crippen LogP contribution in [0.2, 0.25) is 0 Å². The van der Waals surface area contributed by atoms with E-state index in [2.05, 4.69) is 40.2 Å². The van der Waals surface area contributed by atoms with Crippen LogP contribution in [0.4, 0.5) is 4.79 Å². The normalized spacial score (nSPS) is 26.6. The Morgan fingerprint density at radius 2 is 1.88 bits per heavy atom. The van der Waals surface area contributed by atoms with Gasteiger partial charge in [-0.1, -0.05) is 24.3 Å². The SMILES string of the molecule is O=C(NCCNC(=O)C1CC1)NC[C@H]1C[C@]12CCCc1ccccc12. The zero-order chi connectivity index (χ0) is 17.3. The van der Waals surface area contributed by atoms with E-state index in [1.165, 1.54) is 36.8 Å². The molecule has 0 bridgehead atoms. The topological polar surface area (TPSA) is 70.2 Å². The van der Waals surface area contributed by atoms with E-state index in [4.69, 9.17) is 0 Å². The standard InChI is InChI=1S/C20H27N3O2/c24-18(15-7-8-15)21-10-11-22-19(25)23-13-16-12-20(16)9-3-5-14-4-1-2-6-17(14)20/h1-2,4,6,15-16H,3,5,7-13H2,(H,21,24)(H2,22,23,25)/t16-,20-/m1/s1. The minimum Gasteiger partial charge on any atom is -0.354 e. The Labute approximate surface area is 148 Å². The van der Waals surface area contributed by atoms with Crippen molar-refractivity contribution < 1.29 is 9.59 Å². The Morgan fingerprint density at radius 1 is 1.08 bits per heavy atom. The van der Waals surface area contributed by atoms with Crippen molar-refractivity contribution in [2.45, 2.75) is 43.9 Å². The van der Waals surface area contributed by atoms with Gasteiger partial charge in [0.1, 0.15) is 0 Å². The third kappa shape index (κ3) is 3.51. The molecule has 0 heterocycles. The number of nitrogens with one attached hydrogen (secondary N) is 3. The van der Waals surface area contributed by atoms with Gasteiger partial charge >= 0.3 is 6.03 Å². The van der Waals surface area contributed by atoms with E-state index in [-0.39, 0.29) is 17.9 Å². The molecule has 2 fully saturated rings. The van der Waals surface area contributed by atoms with Crippen molar-refractivity contribution in [1.82, 2.24) is 16.0 Å². The summed E-state index contributed by atoms with van der Waals surface area (Å²) in [6.07, 6.45) is 6.87. The summed E-state index contributed by atoms with van der Waals surface area (Å²) in [4.78, 5) is 23.5. The van der Waals surface area contributed by atoms with Gasteiger partial charge in [0.15, 0.2) is 0 Å². The van der Waals surface area contributed by atoms with Gasteiger partial charge in [-0.15, -0.1) is 0 Å². The molecule has 25 heavy (non-hydrogen) atoms. The fraction of sp³-hybridized carbons (Fsp3) is 0.600. The molecule has 0 saturated heterocycles. The summed E-state index contributed by atoms with van der Waals surface area (Å²) in [6.45, 7) is 1.71. The smallest absolute Gasteiger partial charge is 0.314 e. The number of fused-ring (bicyclic) bond motifs is 2. The van der Waals surface area contributed by atoms with Crippen molar-refractivity contribution in [2.75, 3.05) is 19.6 Å². The number of carbonyl (C=O) groups excluding carboxylic acids is 2. The summed E-state index contributed by atoms with van der Waals surface area (Å²) in [5, 5.41) is 8.69. The molecule has 3 aliphatic rings. The highest BCUT2D eigenvalue weighted by Crippen LogP contribution is 2.59. The molecule has 3 aliphatic carbocycles. The average molecular weight is 341 g/mol. The van der Waals surface area contributed by atoms with Gasteiger partial charge in [0, 0.05) is 31.0 Å². The average Bonchev–Trinajstić information content (AvgIpc) is 3.53. The molecule has 0 radical (unpaired) electrons. The first-order valence-electron chi connectivity index (χ1n) is 9.57. The molecular weight excluding hydrogens is 314 g/mol. The lowest BCUT2D eigenvalue weighted by Gasteiger charge is -2.26. The minimum absolute atomic E-state index is 0.123. The molecule has 2 atom stereocenters. The van der Waals surface area contributed by atoms with E-state index < -0.39 is 0 Å². The summed E-state index contributed by atoms with van der Waals surface area (Å²) >= 11 is 0. The zero-order valence-corrected chi connectivity index (χ0v) is 14.6. The number of amides is 3. The number of benzene rings is 1. The summed E-state index contributed by atoms with van der Waals surface area (Å²) < 4.78 is 0. The van der Waals surface area contributed by atoms with Crippen LogP contribution in [-0.2, 0) is 16.6 Å². The molecule has 3 N–H and O–H groups in total. The van der Waals surface area contributed by atoms with Crippen LogP contribution >= 0.6 is 0 Å². The molecule has 5 nitrogen and oxygen atoms in total. The number of hydrogen-bond donors (Lipinski definition) is 3. The van der Waals surface area contributed by atoms with Crippen LogP contribution in [0.3, 0.4) is 0 Å². The maximum Gasteiger partial charge on any atom is 0.314 e. The van der Waals surface area contributed by atoms with Crippen molar-refractivity contribution in [3.05, 3.63) is 35.4 Å². The first-order chi connectivity index (χ1) is 12.2. The second-order valence-electron chi connectivity index (χ2n) is 7.77. The Balaban J connectivity index is 1.18. The highest BCUT2D eigenvalue weighted by atomic mass is 16.2. The molecule has 134 valence electrons. The lowest BCUT2D eigenvalue weighted by molar-refractivity contribution is -0.122. The molecule has 1 aromatic carbocycles. The molecule has 1 spiro atoms. The fourth-order valence-electron chi connectivity index (χ4n) is 4.37. The molecule has 5 heteroatoms. The highest BCUT2D eigenvalue weighted by molar-refractivity contribution is 5.80. The third-order valence-electron chi connectivity index (χ3n) is 6.02. The van der Waals surface area contributed by atoms with E-state index in [0.717, 1.165) is 19.4 Å². The molecule has 3 amide bonds. The minimum atomic E-state index is -0.133. The van der Waals surface area contributed by atoms with Crippen molar-refractivity contribution in [2.24, 2.45) is 11.8 Å². The predicted molar refractivity (Wildman–Crippen MR) is 96.3 cm³/mol. The van der Waals surface area contributed by atoms with Crippen LogP contribution in [0, 0.1) is 11.8 Å². The summed E-state index contributed by atoms with van der Waals surface area (Å²) in [5.74, 6) is 0.894. The Morgan fingerprint density at radius 3 is 2.72 bits per heavy atom.